The van der Waals surface area contributed by atoms with Crippen LogP contribution in [0.15, 0.2) is 24.3 Å². The highest BCUT2D eigenvalue weighted by Gasteiger charge is 2.28. The molecule has 4 nitrogen and oxygen atoms in total. The molecule has 20 heavy (non-hydrogen) atoms. The second kappa shape index (κ2) is 6.03. The van der Waals surface area contributed by atoms with E-state index in [4.69, 9.17) is 0 Å². The lowest BCUT2D eigenvalue weighted by Crippen LogP contribution is -2.44. The number of halogens is 1. The summed E-state index contributed by atoms with van der Waals surface area (Å²) in [6.07, 6.45) is 1.32. The van der Waals surface area contributed by atoms with Crippen LogP contribution in [0.4, 0.5) is 9.18 Å². The Morgan fingerprint density at radius 2 is 1.70 bits per heavy atom. The number of hydrogen-bond donors (Lipinski definition) is 0. The molecule has 1 saturated heterocycles. The predicted octanol–water partition coefficient (Wildman–Crippen LogP) is 2.40. The summed E-state index contributed by atoms with van der Waals surface area (Å²) in [6, 6.07) is 5.64. The molecule has 0 N–H and O–H groups in total. The lowest BCUT2D eigenvalue weighted by Gasteiger charge is -2.33. The third kappa shape index (κ3) is 3.15. The summed E-state index contributed by atoms with van der Waals surface area (Å²) in [5.74, 6) is -0.374. The number of benzene rings is 1. The summed E-state index contributed by atoms with van der Waals surface area (Å²) in [5, 5.41) is 0. The molecule has 1 heterocycles. The van der Waals surface area contributed by atoms with Crippen LogP contribution in [0.1, 0.15) is 23.2 Å². The average Bonchev–Trinajstić information content (AvgIpc) is 2.46. The molecule has 0 radical (unpaired) electrons. The van der Waals surface area contributed by atoms with E-state index in [9.17, 15) is 14.0 Å². The maximum Gasteiger partial charge on any atom is 0.319 e. The van der Waals surface area contributed by atoms with Gasteiger partial charge in [-0.2, -0.15) is 0 Å². The minimum absolute atomic E-state index is 0.0160. The topological polar surface area (TPSA) is 40.6 Å². The van der Waals surface area contributed by atoms with E-state index in [1.165, 1.54) is 24.3 Å². The zero-order valence-electron chi connectivity index (χ0n) is 11.8. The Labute approximate surface area is 118 Å². The van der Waals surface area contributed by atoms with E-state index in [0.29, 0.717) is 31.5 Å². The molecule has 0 atom stereocenters. The summed E-state index contributed by atoms with van der Waals surface area (Å²) >= 11 is 0. The van der Waals surface area contributed by atoms with Crippen LogP contribution in [0.25, 0.3) is 0 Å². The molecule has 0 aliphatic carbocycles. The molecular formula is C15H19FN2O2. The van der Waals surface area contributed by atoms with Crippen molar-refractivity contribution in [3.8, 4) is 0 Å². The monoisotopic (exact) mass is 278 g/mol. The maximum atomic E-state index is 12.8. The maximum absolute atomic E-state index is 12.8. The first kappa shape index (κ1) is 14.5. The molecule has 1 aromatic carbocycles. The smallest absolute Gasteiger partial charge is 0.319 e. The fraction of sp³-hybridized carbons (Fsp3) is 0.467. The molecule has 5 heteroatoms. The van der Waals surface area contributed by atoms with E-state index in [0.717, 1.165) is 0 Å². The van der Waals surface area contributed by atoms with E-state index in [2.05, 4.69) is 0 Å². The predicted molar refractivity (Wildman–Crippen MR) is 74.1 cm³/mol. The van der Waals surface area contributed by atoms with Gasteiger partial charge in [-0.05, 0) is 37.1 Å². The molecule has 2 rings (SSSR count). The number of urea groups is 1. The lowest BCUT2D eigenvalue weighted by molar-refractivity contribution is 0.0843. The minimum atomic E-state index is -0.340. The first-order chi connectivity index (χ1) is 9.49. The Kier molecular flexibility index (Phi) is 4.37. The molecule has 2 amide bonds. The Morgan fingerprint density at radius 1 is 1.15 bits per heavy atom. The van der Waals surface area contributed by atoms with E-state index < -0.39 is 0 Å². The fourth-order valence-electron chi connectivity index (χ4n) is 2.47. The highest BCUT2D eigenvalue weighted by Crippen LogP contribution is 2.22. The van der Waals surface area contributed by atoms with Gasteiger partial charge in [0.15, 0.2) is 5.78 Å². The number of carbonyl (C=O) groups excluding carboxylic acids is 2. The average molecular weight is 278 g/mol. The van der Waals surface area contributed by atoms with Crippen LogP contribution in [0.3, 0.4) is 0 Å². The van der Waals surface area contributed by atoms with Crippen LogP contribution in [0, 0.1) is 11.7 Å². The Morgan fingerprint density at radius 3 is 2.20 bits per heavy atom. The third-order valence-corrected chi connectivity index (χ3v) is 3.65. The number of likely N-dealkylation sites (tertiary alicyclic amines) is 1. The van der Waals surface area contributed by atoms with Crippen LogP contribution in [0.2, 0.25) is 0 Å². The van der Waals surface area contributed by atoms with Crippen molar-refractivity contribution in [2.75, 3.05) is 27.2 Å². The highest BCUT2D eigenvalue weighted by atomic mass is 19.1. The van der Waals surface area contributed by atoms with Crippen molar-refractivity contribution >= 4 is 11.8 Å². The van der Waals surface area contributed by atoms with Gasteiger partial charge in [0.25, 0.3) is 0 Å². The van der Waals surface area contributed by atoms with Crippen LogP contribution in [0.5, 0.6) is 0 Å². The van der Waals surface area contributed by atoms with Crippen molar-refractivity contribution in [1.29, 1.82) is 0 Å². The number of nitrogens with zero attached hydrogens (tertiary/aromatic N) is 2. The largest absolute Gasteiger partial charge is 0.331 e. The summed E-state index contributed by atoms with van der Waals surface area (Å²) in [6.45, 7) is 1.18. The molecule has 1 aliphatic rings. The van der Waals surface area contributed by atoms with Crippen molar-refractivity contribution in [3.05, 3.63) is 35.6 Å². The van der Waals surface area contributed by atoms with E-state index in [-0.39, 0.29) is 23.5 Å². The molecule has 0 unspecified atom stereocenters. The van der Waals surface area contributed by atoms with Gasteiger partial charge in [0, 0.05) is 38.7 Å². The Balaban J connectivity index is 1.95. The second-order valence-corrected chi connectivity index (χ2v) is 5.31. The Bertz CT molecular complexity index is 491. The standard InChI is InChI=1S/C15H19FN2O2/c1-17(2)15(20)18-9-7-12(8-10-18)14(19)11-3-5-13(16)6-4-11/h3-6,12H,7-10H2,1-2H3. The molecule has 0 spiro atoms. The van der Waals surface area contributed by atoms with Crippen molar-refractivity contribution < 1.29 is 14.0 Å². The van der Waals surface area contributed by atoms with Crippen LogP contribution < -0.4 is 0 Å². The van der Waals surface area contributed by atoms with E-state index in [1.54, 1.807) is 23.9 Å². The van der Waals surface area contributed by atoms with Gasteiger partial charge in [0.1, 0.15) is 5.82 Å². The minimum Gasteiger partial charge on any atom is -0.331 e. The third-order valence-electron chi connectivity index (χ3n) is 3.65. The SMILES string of the molecule is CN(C)C(=O)N1CCC(C(=O)c2ccc(F)cc2)CC1. The fourth-order valence-corrected chi connectivity index (χ4v) is 2.47. The lowest BCUT2D eigenvalue weighted by atomic mass is 9.89. The quantitative estimate of drug-likeness (QED) is 0.779. The molecule has 1 aromatic rings. The van der Waals surface area contributed by atoms with E-state index >= 15 is 0 Å². The zero-order valence-corrected chi connectivity index (χ0v) is 11.8. The normalized spacial score (nSPS) is 16.1. The number of ketones is 1. The molecule has 0 bridgehead atoms. The second-order valence-electron chi connectivity index (χ2n) is 5.31. The van der Waals surface area contributed by atoms with Gasteiger partial charge < -0.3 is 9.80 Å². The number of rotatable bonds is 2. The van der Waals surface area contributed by atoms with Crippen LogP contribution >= 0.6 is 0 Å². The molecule has 0 saturated carbocycles. The summed E-state index contributed by atoms with van der Waals surface area (Å²) in [5.41, 5.74) is 0.545. The van der Waals surface area contributed by atoms with Crippen molar-refractivity contribution in [1.82, 2.24) is 9.80 Å². The number of amides is 2. The van der Waals surface area contributed by atoms with Crippen molar-refractivity contribution in [2.24, 2.45) is 5.92 Å². The van der Waals surface area contributed by atoms with Crippen LogP contribution in [-0.4, -0.2) is 48.8 Å². The summed E-state index contributed by atoms with van der Waals surface area (Å²) in [4.78, 5) is 27.4. The molecular weight excluding hydrogens is 259 g/mol. The van der Waals surface area contributed by atoms with Gasteiger partial charge in [-0.1, -0.05) is 0 Å². The molecule has 0 aromatic heterocycles. The highest BCUT2D eigenvalue weighted by molar-refractivity contribution is 5.98. The molecule has 1 aliphatic heterocycles. The van der Waals surface area contributed by atoms with Gasteiger partial charge in [-0.25, -0.2) is 9.18 Å². The van der Waals surface area contributed by atoms with Crippen LogP contribution in [-0.2, 0) is 0 Å². The zero-order chi connectivity index (χ0) is 14.7. The number of Topliss-reactive ketones (excluding diaryl/α,β-unsaturated/α-hetero) is 1. The number of carbonyl (C=O) groups is 2. The summed E-state index contributed by atoms with van der Waals surface area (Å²) in [7, 11) is 3.44. The molecule has 1 fully saturated rings. The molecule has 108 valence electrons. The number of piperidine rings is 1. The van der Waals surface area contributed by atoms with Gasteiger partial charge in [0.05, 0.1) is 0 Å². The summed E-state index contributed by atoms with van der Waals surface area (Å²) < 4.78 is 12.8. The van der Waals surface area contributed by atoms with Gasteiger partial charge >= 0.3 is 6.03 Å². The van der Waals surface area contributed by atoms with Crippen molar-refractivity contribution in [3.63, 3.8) is 0 Å². The van der Waals surface area contributed by atoms with Gasteiger partial charge in [-0.15, -0.1) is 0 Å². The van der Waals surface area contributed by atoms with Crippen molar-refractivity contribution in [2.45, 2.75) is 12.8 Å². The first-order valence-electron chi connectivity index (χ1n) is 6.75. The van der Waals surface area contributed by atoms with E-state index in [1.807, 2.05) is 0 Å². The van der Waals surface area contributed by atoms with Gasteiger partial charge in [-0.3, -0.25) is 4.79 Å². The Hall–Kier alpha value is -1.91. The first-order valence-corrected chi connectivity index (χ1v) is 6.75. The van der Waals surface area contributed by atoms with Gasteiger partial charge in [0.2, 0.25) is 0 Å². The number of hydrogen-bond acceptors (Lipinski definition) is 2.